The maximum absolute atomic E-state index is 4.29. The Bertz CT molecular complexity index is 123. The van der Waals surface area contributed by atoms with Gasteiger partial charge in [0.15, 0.2) is 0 Å². The first-order chi connectivity index (χ1) is 4.85. The standard InChI is InChI=1S/C9H17N/c1-4-7-9(6-3)10-8-5-2/h7-8H,4-6H2,1-3H3/b9-7+,10-8?. The summed E-state index contributed by atoms with van der Waals surface area (Å²) in [6.45, 7) is 6.37. The van der Waals surface area contributed by atoms with Crippen molar-refractivity contribution in [1.29, 1.82) is 0 Å². The highest BCUT2D eigenvalue weighted by Crippen LogP contribution is 2.02. The fraction of sp³-hybridized carbons (Fsp3) is 0.667. The van der Waals surface area contributed by atoms with Crippen LogP contribution in [-0.4, -0.2) is 6.21 Å². The second kappa shape index (κ2) is 6.53. The van der Waals surface area contributed by atoms with Crippen molar-refractivity contribution >= 4 is 6.21 Å². The van der Waals surface area contributed by atoms with Crippen molar-refractivity contribution in [2.75, 3.05) is 0 Å². The van der Waals surface area contributed by atoms with Crippen molar-refractivity contribution < 1.29 is 0 Å². The SMILES string of the molecule is CCC=N/C(=C/CC)CC. The molecule has 58 valence electrons. The van der Waals surface area contributed by atoms with Gasteiger partial charge in [-0.2, -0.15) is 0 Å². The monoisotopic (exact) mass is 139 g/mol. The summed E-state index contributed by atoms with van der Waals surface area (Å²) in [5, 5.41) is 0. The number of rotatable bonds is 4. The lowest BCUT2D eigenvalue weighted by Gasteiger charge is -1.93. The third kappa shape index (κ3) is 4.30. The predicted octanol–water partition coefficient (Wildman–Crippen LogP) is 3.17. The van der Waals surface area contributed by atoms with Gasteiger partial charge in [-0.25, -0.2) is 0 Å². The highest BCUT2D eigenvalue weighted by molar-refractivity contribution is 5.58. The molecule has 0 aliphatic carbocycles. The first kappa shape index (κ1) is 9.41. The highest BCUT2D eigenvalue weighted by atomic mass is 14.7. The smallest absolute Gasteiger partial charge is 0.0357 e. The van der Waals surface area contributed by atoms with Gasteiger partial charge in [-0.05, 0) is 19.3 Å². The van der Waals surface area contributed by atoms with Crippen LogP contribution in [0.3, 0.4) is 0 Å². The summed E-state index contributed by atoms with van der Waals surface area (Å²) < 4.78 is 0. The summed E-state index contributed by atoms with van der Waals surface area (Å²) >= 11 is 0. The Morgan fingerprint density at radius 2 is 1.90 bits per heavy atom. The van der Waals surface area contributed by atoms with Gasteiger partial charge in [0.25, 0.3) is 0 Å². The van der Waals surface area contributed by atoms with Crippen LogP contribution in [-0.2, 0) is 0 Å². The van der Waals surface area contributed by atoms with Gasteiger partial charge in [0, 0.05) is 11.9 Å². The maximum Gasteiger partial charge on any atom is 0.0357 e. The van der Waals surface area contributed by atoms with E-state index in [9.17, 15) is 0 Å². The van der Waals surface area contributed by atoms with Crippen molar-refractivity contribution in [3.8, 4) is 0 Å². The molecule has 0 bridgehead atoms. The summed E-state index contributed by atoms with van der Waals surface area (Å²) in [6.07, 6.45) is 7.30. The van der Waals surface area contributed by atoms with Crippen LogP contribution in [0.4, 0.5) is 0 Å². The fourth-order valence-corrected chi connectivity index (χ4v) is 0.732. The summed E-state index contributed by atoms with van der Waals surface area (Å²) in [7, 11) is 0. The van der Waals surface area contributed by atoms with Gasteiger partial charge in [0.05, 0.1) is 0 Å². The van der Waals surface area contributed by atoms with E-state index in [4.69, 9.17) is 0 Å². The topological polar surface area (TPSA) is 12.4 Å². The number of nitrogens with zero attached hydrogens (tertiary/aromatic N) is 1. The van der Waals surface area contributed by atoms with Crippen LogP contribution in [0, 0.1) is 0 Å². The molecule has 0 rings (SSSR count). The number of allylic oxidation sites excluding steroid dienone is 2. The molecule has 0 N–H and O–H groups in total. The lowest BCUT2D eigenvalue weighted by molar-refractivity contribution is 1.03. The zero-order chi connectivity index (χ0) is 7.82. The summed E-state index contributed by atoms with van der Waals surface area (Å²) in [5.41, 5.74) is 1.21. The Morgan fingerprint density at radius 1 is 1.20 bits per heavy atom. The normalized spacial score (nSPS) is 12.9. The Labute approximate surface area is 63.9 Å². The van der Waals surface area contributed by atoms with Gasteiger partial charge in [0.2, 0.25) is 0 Å². The van der Waals surface area contributed by atoms with Crippen LogP contribution >= 0.6 is 0 Å². The Balaban J connectivity index is 3.82. The zero-order valence-corrected chi connectivity index (χ0v) is 7.22. The van der Waals surface area contributed by atoms with Gasteiger partial charge in [-0.1, -0.05) is 26.8 Å². The molecular weight excluding hydrogens is 122 g/mol. The van der Waals surface area contributed by atoms with E-state index in [0.29, 0.717) is 0 Å². The van der Waals surface area contributed by atoms with E-state index in [1.807, 2.05) is 6.21 Å². The molecule has 0 aromatic heterocycles. The molecule has 0 aromatic rings. The molecule has 0 spiro atoms. The molecule has 10 heavy (non-hydrogen) atoms. The lowest BCUT2D eigenvalue weighted by Crippen LogP contribution is -1.76. The average Bonchev–Trinajstić information content (AvgIpc) is 1.98. The largest absolute Gasteiger partial charge is 0.266 e. The Kier molecular flexibility index (Phi) is 6.14. The molecule has 0 fully saturated rings. The second-order valence-electron chi connectivity index (χ2n) is 2.18. The van der Waals surface area contributed by atoms with Crippen LogP contribution < -0.4 is 0 Å². The molecular formula is C9H17N. The number of hydrogen-bond acceptors (Lipinski definition) is 1. The Hall–Kier alpha value is -0.590. The van der Waals surface area contributed by atoms with E-state index in [1.54, 1.807) is 0 Å². The van der Waals surface area contributed by atoms with Gasteiger partial charge in [-0.15, -0.1) is 0 Å². The molecule has 0 aliphatic rings. The van der Waals surface area contributed by atoms with Gasteiger partial charge < -0.3 is 0 Å². The van der Waals surface area contributed by atoms with Crippen LogP contribution in [0.15, 0.2) is 16.8 Å². The molecule has 0 saturated heterocycles. The van der Waals surface area contributed by atoms with E-state index >= 15 is 0 Å². The molecule has 0 saturated carbocycles. The van der Waals surface area contributed by atoms with E-state index in [0.717, 1.165) is 19.3 Å². The minimum Gasteiger partial charge on any atom is -0.266 e. The average molecular weight is 139 g/mol. The van der Waals surface area contributed by atoms with Crippen molar-refractivity contribution in [1.82, 2.24) is 0 Å². The lowest BCUT2D eigenvalue weighted by atomic mass is 10.3. The summed E-state index contributed by atoms with van der Waals surface area (Å²) in [5.74, 6) is 0. The molecule has 0 unspecified atom stereocenters. The number of aliphatic imine (C=N–C) groups is 1. The molecule has 0 radical (unpaired) electrons. The Morgan fingerprint density at radius 3 is 2.30 bits per heavy atom. The third-order valence-corrected chi connectivity index (χ3v) is 1.24. The van der Waals surface area contributed by atoms with Crippen LogP contribution in [0.2, 0.25) is 0 Å². The molecule has 0 aliphatic heterocycles. The summed E-state index contributed by atoms with van der Waals surface area (Å²) in [4.78, 5) is 4.29. The van der Waals surface area contributed by atoms with E-state index < -0.39 is 0 Å². The van der Waals surface area contributed by atoms with E-state index in [1.165, 1.54) is 5.70 Å². The molecule has 0 aromatic carbocycles. The van der Waals surface area contributed by atoms with Crippen molar-refractivity contribution in [2.45, 2.75) is 40.0 Å². The number of hydrogen-bond donors (Lipinski definition) is 0. The molecule has 0 atom stereocenters. The van der Waals surface area contributed by atoms with Crippen LogP contribution in [0.5, 0.6) is 0 Å². The molecule has 0 heterocycles. The summed E-state index contributed by atoms with van der Waals surface area (Å²) in [6, 6.07) is 0. The van der Waals surface area contributed by atoms with Crippen LogP contribution in [0.1, 0.15) is 40.0 Å². The van der Waals surface area contributed by atoms with Gasteiger partial charge in [-0.3, -0.25) is 4.99 Å². The first-order valence-electron chi connectivity index (χ1n) is 4.06. The molecule has 1 heteroatoms. The van der Waals surface area contributed by atoms with E-state index in [2.05, 4.69) is 31.8 Å². The van der Waals surface area contributed by atoms with Crippen molar-refractivity contribution in [3.63, 3.8) is 0 Å². The maximum atomic E-state index is 4.29. The van der Waals surface area contributed by atoms with Crippen molar-refractivity contribution in [3.05, 3.63) is 11.8 Å². The van der Waals surface area contributed by atoms with E-state index in [-0.39, 0.29) is 0 Å². The van der Waals surface area contributed by atoms with Crippen molar-refractivity contribution in [2.24, 2.45) is 4.99 Å². The second-order valence-corrected chi connectivity index (χ2v) is 2.18. The molecule has 1 nitrogen and oxygen atoms in total. The van der Waals surface area contributed by atoms with Gasteiger partial charge >= 0.3 is 0 Å². The predicted molar refractivity (Wildman–Crippen MR) is 47.4 cm³/mol. The quantitative estimate of drug-likeness (QED) is 0.530. The van der Waals surface area contributed by atoms with Gasteiger partial charge in [0.1, 0.15) is 0 Å². The minimum absolute atomic E-state index is 1.03. The molecule has 0 amide bonds. The fourth-order valence-electron chi connectivity index (χ4n) is 0.732. The minimum atomic E-state index is 1.03. The van der Waals surface area contributed by atoms with Crippen LogP contribution in [0.25, 0.3) is 0 Å². The third-order valence-electron chi connectivity index (χ3n) is 1.24. The first-order valence-corrected chi connectivity index (χ1v) is 4.06. The zero-order valence-electron chi connectivity index (χ0n) is 7.22. The highest BCUT2D eigenvalue weighted by Gasteiger charge is 1.84.